The molecule has 1 N–H and O–H groups in total. The lowest BCUT2D eigenvalue weighted by Gasteiger charge is -2.28. The van der Waals surface area contributed by atoms with Gasteiger partial charge in [0.1, 0.15) is 6.29 Å². The minimum absolute atomic E-state index is 0.0532. The molecule has 0 saturated carbocycles. The second kappa shape index (κ2) is 4.44. The molecule has 1 atom stereocenters. The van der Waals surface area contributed by atoms with E-state index in [1.54, 1.807) is 6.20 Å². The van der Waals surface area contributed by atoms with E-state index in [0.29, 0.717) is 0 Å². The van der Waals surface area contributed by atoms with E-state index >= 15 is 0 Å². The second-order valence-electron chi connectivity index (χ2n) is 3.37. The summed E-state index contributed by atoms with van der Waals surface area (Å²) in [6.07, 6.45) is 9.08. The first-order chi connectivity index (χ1) is 4.99. The van der Waals surface area contributed by atoms with Crippen molar-refractivity contribution in [2.24, 2.45) is 0 Å². The number of rotatable bonds is 5. The zero-order chi connectivity index (χ0) is 8.91. The highest BCUT2D eigenvalue weighted by Gasteiger charge is 2.11. The van der Waals surface area contributed by atoms with Crippen LogP contribution in [0.5, 0.6) is 0 Å². The van der Waals surface area contributed by atoms with Crippen molar-refractivity contribution in [1.29, 1.82) is 0 Å². The molecule has 11 heavy (non-hydrogen) atoms. The molecule has 0 aromatic heterocycles. The Balaban J connectivity index is 3.87. The summed E-state index contributed by atoms with van der Waals surface area (Å²) in [5, 5.41) is 2.91. The first-order valence-corrected chi connectivity index (χ1v) is 6.50. The van der Waals surface area contributed by atoms with Crippen molar-refractivity contribution in [1.82, 2.24) is 5.32 Å². The third-order valence-electron chi connectivity index (χ3n) is 1.18. The minimum Gasteiger partial charge on any atom is -0.381 e. The van der Waals surface area contributed by atoms with Crippen LogP contribution in [0.4, 0.5) is 0 Å². The Morgan fingerprint density at radius 1 is 1.55 bits per heavy atom. The van der Waals surface area contributed by atoms with E-state index in [2.05, 4.69) is 30.7 Å². The largest absolute Gasteiger partial charge is 0.381 e. The van der Waals surface area contributed by atoms with E-state index in [1.165, 1.54) is 0 Å². The summed E-state index contributed by atoms with van der Waals surface area (Å²) in [7, 11) is -0.599. The average molecular weight is 175 g/mol. The maximum absolute atomic E-state index is 10.5. The Kier molecular flexibility index (Phi) is 4.26. The molecule has 0 amide bonds. The van der Waals surface area contributed by atoms with E-state index in [-0.39, 0.29) is 6.04 Å². The molecule has 0 radical (unpaired) electrons. The van der Waals surface area contributed by atoms with Gasteiger partial charge in [-0.3, -0.25) is 0 Å². The number of carbonyl (C=O) groups excluding carboxylic acids is 1. The van der Waals surface area contributed by atoms with Gasteiger partial charge in [0, 0.05) is 5.75 Å². The van der Waals surface area contributed by atoms with Crippen LogP contribution in [-0.2, 0) is 4.79 Å². The van der Waals surface area contributed by atoms with Gasteiger partial charge in [-0.05, 0) is 25.0 Å². The van der Waals surface area contributed by atoms with Crippen LogP contribution in [0.2, 0.25) is 0 Å². The summed E-state index contributed by atoms with van der Waals surface area (Å²) in [4.78, 5) is 10.5. The van der Waals surface area contributed by atoms with Gasteiger partial charge in [0.2, 0.25) is 0 Å². The fourth-order valence-electron chi connectivity index (χ4n) is 0.817. The molecule has 0 rings (SSSR count). The molecule has 0 aliphatic rings. The van der Waals surface area contributed by atoms with Crippen LogP contribution in [0, 0.1) is 0 Å². The lowest BCUT2D eigenvalue weighted by molar-refractivity contribution is -0.108. The number of hydrogen-bond acceptors (Lipinski definition) is 2. The monoisotopic (exact) mass is 175 g/mol. The lowest BCUT2D eigenvalue weighted by atomic mass is 10.4. The predicted octanol–water partition coefficient (Wildman–Crippen LogP) is 0.981. The molecule has 1 unspecified atom stereocenters. The van der Waals surface area contributed by atoms with Gasteiger partial charge in [0.15, 0.2) is 0 Å². The second-order valence-corrected chi connectivity index (χ2v) is 7.89. The van der Waals surface area contributed by atoms with Crippen LogP contribution < -0.4 is 5.32 Å². The first kappa shape index (κ1) is 10.6. The van der Waals surface area contributed by atoms with Gasteiger partial charge in [0.05, 0.1) is 6.04 Å². The van der Waals surface area contributed by atoms with Gasteiger partial charge in [-0.2, -0.15) is 0 Å². The first-order valence-electron chi connectivity index (χ1n) is 3.48. The highest BCUT2D eigenvalue weighted by atomic mass is 32.3. The third-order valence-corrected chi connectivity index (χ3v) is 2.53. The minimum atomic E-state index is -0.599. The van der Waals surface area contributed by atoms with Gasteiger partial charge < -0.3 is 10.1 Å². The summed E-state index contributed by atoms with van der Waals surface area (Å²) in [5.74, 6) is 0.919. The quantitative estimate of drug-likeness (QED) is 0.631. The molecule has 3 heteroatoms. The van der Waals surface area contributed by atoms with Crippen LogP contribution in [-0.4, -0.2) is 36.8 Å². The molecular weight excluding hydrogens is 158 g/mol. The summed E-state index contributed by atoms with van der Waals surface area (Å²) < 4.78 is 0. The molecule has 0 spiro atoms. The standard InChI is InChI=1S/C8H17NOS/c1-5-9-8(6-10)7-11(2,3)4/h5-6,8-9H,1,7H2,2-4H3. The molecule has 0 heterocycles. The molecule has 0 aliphatic carbocycles. The Morgan fingerprint density at radius 3 is 2.36 bits per heavy atom. The molecular formula is C8H17NOS. The lowest BCUT2D eigenvalue weighted by Crippen LogP contribution is -2.31. The summed E-state index contributed by atoms with van der Waals surface area (Å²) >= 11 is 0. The maximum atomic E-state index is 10.5. The SMILES string of the molecule is C=CNC(C=O)CS(C)(C)C. The smallest absolute Gasteiger partial charge is 0.142 e. The van der Waals surface area contributed by atoms with Crippen molar-refractivity contribution in [3.8, 4) is 0 Å². The number of carbonyl (C=O) groups is 1. The summed E-state index contributed by atoms with van der Waals surface area (Å²) in [6, 6.07) is -0.0532. The van der Waals surface area contributed by atoms with Crippen molar-refractivity contribution >= 4 is 16.3 Å². The maximum Gasteiger partial charge on any atom is 0.142 e. The zero-order valence-corrected chi connectivity index (χ0v) is 8.28. The third kappa shape index (κ3) is 5.98. The van der Waals surface area contributed by atoms with Crippen LogP contribution in [0.25, 0.3) is 0 Å². The van der Waals surface area contributed by atoms with E-state index in [4.69, 9.17) is 0 Å². The van der Waals surface area contributed by atoms with Gasteiger partial charge in [-0.25, -0.2) is 10.0 Å². The van der Waals surface area contributed by atoms with E-state index in [9.17, 15) is 4.79 Å². The number of nitrogens with one attached hydrogen (secondary N) is 1. The van der Waals surface area contributed by atoms with Crippen LogP contribution in [0.15, 0.2) is 12.8 Å². The molecule has 66 valence electrons. The average Bonchev–Trinajstić information content (AvgIpc) is 1.84. The van der Waals surface area contributed by atoms with Gasteiger partial charge in [0.25, 0.3) is 0 Å². The van der Waals surface area contributed by atoms with Gasteiger partial charge in [-0.15, -0.1) is 0 Å². The summed E-state index contributed by atoms with van der Waals surface area (Å²) in [5.41, 5.74) is 0. The topological polar surface area (TPSA) is 29.1 Å². The Bertz CT molecular complexity index is 140. The van der Waals surface area contributed by atoms with E-state index in [1.807, 2.05) is 0 Å². The predicted molar refractivity (Wildman–Crippen MR) is 53.4 cm³/mol. The van der Waals surface area contributed by atoms with E-state index in [0.717, 1.165) is 12.0 Å². The molecule has 0 bridgehead atoms. The fraction of sp³-hybridized carbons (Fsp3) is 0.625. The highest BCUT2D eigenvalue weighted by molar-refractivity contribution is 8.32. The van der Waals surface area contributed by atoms with E-state index < -0.39 is 10.0 Å². The molecule has 0 fully saturated rings. The van der Waals surface area contributed by atoms with Crippen molar-refractivity contribution < 1.29 is 4.79 Å². The van der Waals surface area contributed by atoms with Crippen molar-refractivity contribution in [3.63, 3.8) is 0 Å². The normalized spacial score (nSPS) is 15.2. The Hall–Kier alpha value is -0.440. The summed E-state index contributed by atoms with van der Waals surface area (Å²) in [6.45, 7) is 3.52. The molecule has 0 saturated heterocycles. The fourth-order valence-corrected chi connectivity index (χ4v) is 2.07. The molecule has 0 aliphatic heterocycles. The zero-order valence-electron chi connectivity index (χ0n) is 7.46. The van der Waals surface area contributed by atoms with Crippen LogP contribution in [0.3, 0.4) is 0 Å². The molecule has 2 nitrogen and oxygen atoms in total. The molecule has 0 aromatic rings. The van der Waals surface area contributed by atoms with Crippen LogP contribution in [0.1, 0.15) is 0 Å². The van der Waals surface area contributed by atoms with Gasteiger partial charge >= 0.3 is 0 Å². The number of aldehydes is 1. The van der Waals surface area contributed by atoms with Gasteiger partial charge in [-0.1, -0.05) is 6.58 Å². The highest BCUT2D eigenvalue weighted by Crippen LogP contribution is 2.34. The Morgan fingerprint density at radius 2 is 2.09 bits per heavy atom. The van der Waals surface area contributed by atoms with Crippen molar-refractivity contribution in [3.05, 3.63) is 12.8 Å². The number of hydrogen-bond donors (Lipinski definition) is 1. The van der Waals surface area contributed by atoms with Crippen molar-refractivity contribution in [2.45, 2.75) is 6.04 Å². The molecule has 0 aromatic carbocycles. The Labute approximate surface area is 70.4 Å². The van der Waals surface area contributed by atoms with Crippen LogP contribution >= 0.6 is 10.0 Å². The van der Waals surface area contributed by atoms with Crippen molar-refractivity contribution in [2.75, 3.05) is 24.5 Å².